The van der Waals surface area contributed by atoms with Crippen molar-refractivity contribution in [3.05, 3.63) is 46.3 Å². The molecule has 2 aliphatic rings. The molecule has 2 fully saturated rings. The topological polar surface area (TPSA) is 67.6 Å². The van der Waals surface area contributed by atoms with Gasteiger partial charge in [0.15, 0.2) is 5.69 Å². The maximum atomic E-state index is 12.9. The molecule has 2 unspecified atom stereocenters. The van der Waals surface area contributed by atoms with Gasteiger partial charge in [0.25, 0.3) is 5.91 Å². The number of hydrogen-bond acceptors (Lipinski definition) is 5. The van der Waals surface area contributed by atoms with Gasteiger partial charge in [0.05, 0.1) is 5.56 Å². The molecule has 1 aromatic heterocycles. The average Bonchev–Trinajstić information content (AvgIpc) is 3.11. The van der Waals surface area contributed by atoms with Gasteiger partial charge in [-0.25, -0.2) is 0 Å². The first-order valence-electron chi connectivity index (χ1n) is 10.1. The number of amides is 1. The Labute approximate surface area is 166 Å². The smallest absolute Gasteiger partial charge is 0.274 e. The van der Waals surface area contributed by atoms with Gasteiger partial charge in [0.2, 0.25) is 0 Å². The first-order chi connectivity index (χ1) is 13.4. The molecule has 1 N–H and O–H groups in total. The van der Waals surface area contributed by atoms with E-state index < -0.39 is 0 Å². The molecule has 6 heteroatoms. The Morgan fingerprint density at radius 3 is 2.61 bits per heavy atom. The summed E-state index contributed by atoms with van der Waals surface area (Å²) in [6.45, 7) is 6.21. The van der Waals surface area contributed by atoms with Gasteiger partial charge in [-0.1, -0.05) is 11.2 Å². The minimum absolute atomic E-state index is 0.163. The third-order valence-corrected chi connectivity index (χ3v) is 6.49. The summed E-state index contributed by atoms with van der Waals surface area (Å²) in [5.74, 6) is 1.24. The van der Waals surface area contributed by atoms with Crippen LogP contribution in [0.5, 0.6) is 5.75 Å². The molecule has 28 heavy (non-hydrogen) atoms. The molecule has 0 saturated carbocycles. The number of fused-ring (bicyclic) bond motifs is 2. The third kappa shape index (κ3) is 3.65. The number of nitrogens with zero attached hydrogens (tertiary/aromatic N) is 2. The summed E-state index contributed by atoms with van der Waals surface area (Å²) in [5.41, 5.74) is 3.45. The number of rotatable bonds is 5. The van der Waals surface area contributed by atoms with Gasteiger partial charge in [-0.2, -0.15) is 0 Å². The lowest BCUT2D eigenvalue weighted by Gasteiger charge is -2.36. The predicted molar refractivity (Wildman–Crippen MR) is 107 cm³/mol. The minimum Gasteiger partial charge on any atom is -0.489 e. The Morgan fingerprint density at radius 2 is 1.93 bits per heavy atom. The molecule has 2 saturated heterocycles. The van der Waals surface area contributed by atoms with Crippen LogP contribution in [0.2, 0.25) is 0 Å². The van der Waals surface area contributed by atoms with Crippen LogP contribution in [-0.2, 0) is 6.61 Å². The molecule has 0 radical (unpaired) electrons. The molecule has 2 bridgehead atoms. The van der Waals surface area contributed by atoms with E-state index in [4.69, 9.17) is 9.26 Å². The lowest BCUT2D eigenvalue weighted by atomic mass is 9.98. The molecule has 6 nitrogen and oxygen atoms in total. The first-order valence-corrected chi connectivity index (χ1v) is 10.1. The fraction of sp³-hybridized carbons (Fsp3) is 0.545. The minimum atomic E-state index is -0.163. The number of aryl methyl sites for hydroxylation is 3. The zero-order valence-corrected chi connectivity index (χ0v) is 17.1. The number of carbonyl (C=O) groups is 1. The van der Waals surface area contributed by atoms with Crippen LogP contribution in [-0.4, -0.2) is 41.1 Å². The van der Waals surface area contributed by atoms with Crippen LogP contribution in [0.1, 0.15) is 58.6 Å². The highest BCUT2D eigenvalue weighted by molar-refractivity contribution is 5.94. The van der Waals surface area contributed by atoms with E-state index >= 15 is 0 Å². The van der Waals surface area contributed by atoms with Gasteiger partial charge in [0.1, 0.15) is 18.1 Å². The molecular weight excluding hydrogens is 354 g/mol. The van der Waals surface area contributed by atoms with Crippen molar-refractivity contribution in [2.24, 2.45) is 0 Å². The van der Waals surface area contributed by atoms with Crippen LogP contribution in [0.25, 0.3) is 0 Å². The summed E-state index contributed by atoms with van der Waals surface area (Å²) in [4.78, 5) is 15.3. The standard InChI is InChI=1S/C22H29N3O3/c1-13-5-8-19(9-14(13)2)27-12-20-15(3)28-24-21(20)22(26)23-16-10-17-6-7-18(11-16)25(17)4/h5,8-9,16-18H,6-7,10-12H2,1-4H3,(H,23,26). The van der Waals surface area contributed by atoms with Gasteiger partial charge >= 0.3 is 0 Å². The van der Waals surface area contributed by atoms with Crippen molar-refractivity contribution in [3.63, 3.8) is 0 Å². The maximum absolute atomic E-state index is 12.9. The Hall–Kier alpha value is -2.34. The second-order valence-electron chi connectivity index (χ2n) is 8.29. The van der Waals surface area contributed by atoms with E-state index in [-0.39, 0.29) is 18.6 Å². The summed E-state index contributed by atoms with van der Waals surface area (Å²) in [6.07, 6.45) is 4.46. The molecule has 3 heterocycles. The van der Waals surface area contributed by atoms with Crippen LogP contribution < -0.4 is 10.1 Å². The summed E-state index contributed by atoms with van der Waals surface area (Å²) in [6, 6.07) is 7.34. The van der Waals surface area contributed by atoms with Crippen molar-refractivity contribution in [2.75, 3.05) is 7.05 Å². The predicted octanol–water partition coefficient (Wildman–Crippen LogP) is 3.53. The number of piperidine rings is 1. The second kappa shape index (κ2) is 7.59. The average molecular weight is 383 g/mol. The Balaban J connectivity index is 1.42. The van der Waals surface area contributed by atoms with Crippen LogP contribution in [0.15, 0.2) is 22.7 Å². The summed E-state index contributed by atoms with van der Waals surface area (Å²) in [7, 11) is 2.20. The molecule has 0 spiro atoms. The lowest BCUT2D eigenvalue weighted by molar-refractivity contribution is 0.0871. The van der Waals surface area contributed by atoms with Gasteiger partial charge in [0, 0.05) is 18.1 Å². The molecule has 2 aliphatic heterocycles. The van der Waals surface area contributed by atoms with Crippen molar-refractivity contribution in [1.29, 1.82) is 0 Å². The molecular formula is C22H29N3O3. The van der Waals surface area contributed by atoms with Crippen molar-refractivity contribution >= 4 is 5.91 Å². The Bertz CT molecular complexity index is 862. The highest BCUT2D eigenvalue weighted by atomic mass is 16.5. The lowest BCUT2D eigenvalue weighted by Crippen LogP contribution is -2.48. The van der Waals surface area contributed by atoms with Gasteiger partial charge < -0.3 is 19.5 Å². The Morgan fingerprint density at radius 1 is 1.21 bits per heavy atom. The molecule has 4 rings (SSSR count). The van der Waals surface area contributed by atoms with E-state index in [9.17, 15) is 4.79 Å². The van der Waals surface area contributed by atoms with Crippen molar-refractivity contribution in [1.82, 2.24) is 15.4 Å². The first kappa shape index (κ1) is 19.0. The number of carbonyl (C=O) groups excluding carboxylic acids is 1. The highest BCUT2D eigenvalue weighted by Gasteiger charge is 2.39. The summed E-state index contributed by atoms with van der Waals surface area (Å²) < 4.78 is 11.2. The third-order valence-electron chi connectivity index (χ3n) is 6.49. The van der Waals surface area contributed by atoms with E-state index in [2.05, 4.69) is 36.3 Å². The Kier molecular flexibility index (Phi) is 5.15. The molecule has 1 aromatic carbocycles. The normalized spacial score (nSPS) is 24.4. The fourth-order valence-electron chi connectivity index (χ4n) is 4.48. The maximum Gasteiger partial charge on any atom is 0.274 e. The van der Waals surface area contributed by atoms with Gasteiger partial charge in [-0.3, -0.25) is 4.79 Å². The summed E-state index contributed by atoms with van der Waals surface area (Å²) >= 11 is 0. The van der Waals surface area contributed by atoms with Gasteiger partial charge in [-0.15, -0.1) is 0 Å². The van der Waals surface area contributed by atoms with Crippen LogP contribution in [0.4, 0.5) is 0 Å². The zero-order valence-electron chi connectivity index (χ0n) is 17.1. The SMILES string of the molecule is Cc1ccc(OCc2c(C(=O)NC3CC4CCC(C3)N4C)noc2C)cc1C. The number of benzene rings is 1. The quantitative estimate of drug-likeness (QED) is 0.855. The molecule has 1 amide bonds. The highest BCUT2D eigenvalue weighted by Crippen LogP contribution is 2.34. The summed E-state index contributed by atoms with van der Waals surface area (Å²) in [5, 5.41) is 7.20. The molecule has 2 aromatic rings. The molecule has 0 aliphatic carbocycles. The number of nitrogens with one attached hydrogen (secondary N) is 1. The molecule has 150 valence electrons. The zero-order chi connectivity index (χ0) is 19.8. The fourth-order valence-corrected chi connectivity index (χ4v) is 4.48. The van der Waals surface area contributed by atoms with Crippen LogP contribution in [0.3, 0.4) is 0 Å². The van der Waals surface area contributed by atoms with Crippen molar-refractivity contribution in [2.45, 2.75) is 71.2 Å². The second-order valence-corrected chi connectivity index (χ2v) is 8.29. The van der Waals surface area contributed by atoms with E-state index in [0.717, 1.165) is 18.6 Å². The van der Waals surface area contributed by atoms with Crippen LogP contribution in [0, 0.1) is 20.8 Å². The van der Waals surface area contributed by atoms with Crippen molar-refractivity contribution < 1.29 is 14.1 Å². The van der Waals surface area contributed by atoms with Gasteiger partial charge in [-0.05, 0) is 76.8 Å². The number of aromatic nitrogens is 1. The number of ether oxygens (including phenoxy) is 1. The van der Waals surface area contributed by atoms with E-state index in [1.54, 1.807) is 0 Å². The van der Waals surface area contributed by atoms with E-state index in [1.165, 1.54) is 24.0 Å². The van der Waals surface area contributed by atoms with Crippen LogP contribution >= 0.6 is 0 Å². The monoisotopic (exact) mass is 383 g/mol. The van der Waals surface area contributed by atoms with E-state index in [1.807, 2.05) is 25.1 Å². The molecule has 2 atom stereocenters. The largest absolute Gasteiger partial charge is 0.489 e. The number of hydrogen-bond donors (Lipinski definition) is 1. The van der Waals surface area contributed by atoms with E-state index in [0.29, 0.717) is 29.1 Å². The van der Waals surface area contributed by atoms with Crippen molar-refractivity contribution in [3.8, 4) is 5.75 Å².